The number of alkyl halides is 3. The minimum absolute atomic E-state index is 0.154. The lowest BCUT2D eigenvalue weighted by Gasteiger charge is -2.56. The number of rotatable bonds is 5. The average Bonchev–Trinajstić information content (AvgIpc) is 2.97. The molecule has 2 bridgehead atoms. The van der Waals surface area contributed by atoms with E-state index in [1.165, 1.54) is 6.07 Å². The molecule has 1 amide bonds. The number of nitrogens with one attached hydrogen (secondary N) is 1. The fraction of sp³-hybridized carbons (Fsp3) is 0.303. The molecule has 2 N–H and O–H groups in total. The third-order valence-corrected chi connectivity index (χ3v) is 9.75. The molecular weight excluding hydrogens is 609 g/mol. The van der Waals surface area contributed by atoms with E-state index < -0.39 is 34.6 Å². The number of halogens is 4. The van der Waals surface area contributed by atoms with Crippen molar-refractivity contribution in [3.8, 4) is 11.3 Å². The normalized spacial score (nSPS) is 23.6. The number of hydrogen-bond donors (Lipinski definition) is 2. The summed E-state index contributed by atoms with van der Waals surface area (Å²) in [5.41, 5.74) is 0.947. The van der Waals surface area contributed by atoms with Gasteiger partial charge in [-0.05, 0) is 74.4 Å². The van der Waals surface area contributed by atoms with Gasteiger partial charge in [-0.2, -0.15) is 13.2 Å². The van der Waals surface area contributed by atoms with Gasteiger partial charge in [-0.1, -0.05) is 64.5 Å². The number of aromatic nitrogens is 1. The molecule has 0 aliphatic heterocycles. The average molecular weight is 637 g/mol. The fourth-order valence-electron chi connectivity index (χ4n) is 6.98. The van der Waals surface area contributed by atoms with Crippen LogP contribution >= 0.6 is 15.9 Å². The summed E-state index contributed by atoms with van der Waals surface area (Å²) in [5, 5.41) is 14.1. The predicted octanol–water partition coefficient (Wildman–Crippen LogP) is 8.29. The summed E-state index contributed by atoms with van der Waals surface area (Å²) in [7, 11) is 0. The maximum Gasteiger partial charge on any atom is 0.416 e. The van der Waals surface area contributed by atoms with Gasteiger partial charge in [0, 0.05) is 26.9 Å². The van der Waals surface area contributed by atoms with E-state index in [1.54, 1.807) is 6.07 Å². The number of hydrogen-bond acceptors (Lipinski definition) is 3. The zero-order chi connectivity index (χ0) is 29.9. The van der Waals surface area contributed by atoms with E-state index in [2.05, 4.69) is 21.2 Å². The van der Waals surface area contributed by atoms with E-state index in [4.69, 9.17) is 4.98 Å². The minimum Gasteiger partial charge on any atom is -0.481 e. The largest absolute Gasteiger partial charge is 0.481 e. The Labute approximate surface area is 249 Å². The second-order valence-electron chi connectivity index (χ2n) is 11.6. The Kier molecular flexibility index (Phi) is 6.91. The molecule has 3 aliphatic carbocycles. The topological polar surface area (TPSA) is 79.3 Å². The van der Waals surface area contributed by atoms with Crippen LogP contribution in [0.3, 0.4) is 0 Å². The van der Waals surface area contributed by atoms with E-state index in [9.17, 15) is 27.9 Å². The quantitative estimate of drug-likeness (QED) is 0.231. The first-order valence-electron chi connectivity index (χ1n) is 13.8. The Hall–Kier alpha value is -3.72. The van der Waals surface area contributed by atoms with Crippen LogP contribution in [-0.2, 0) is 11.0 Å². The van der Waals surface area contributed by atoms with Crippen LogP contribution in [0.1, 0.15) is 65.1 Å². The summed E-state index contributed by atoms with van der Waals surface area (Å²) >= 11 is 3.51. The van der Waals surface area contributed by atoms with E-state index in [0.29, 0.717) is 59.0 Å². The Balaban J connectivity index is 1.47. The highest BCUT2D eigenvalue weighted by Gasteiger charge is 2.58. The van der Waals surface area contributed by atoms with Gasteiger partial charge in [0.15, 0.2) is 0 Å². The maximum absolute atomic E-state index is 14.4. The van der Waals surface area contributed by atoms with Gasteiger partial charge >= 0.3 is 12.1 Å². The smallest absolute Gasteiger partial charge is 0.416 e. The van der Waals surface area contributed by atoms with Gasteiger partial charge in [0.05, 0.1) is 27.8 Å². The lowest BCUT2D eigenvalue weighted by molar-refractivity contribution is -0.157. The van der Waals surface area contributed by atoms with Crippen molar-refractivity contribution in [2.24, 2.45) is 5.41 Å². The molecule has 4 aromatic rings. The molecule has 3 fully saturated rings. The van der Waals surface area contributed by atoms with E-state index in [-0.39, 0.29) is 12.3 Å². The first-order valence-corrected chi connectivity index (χ1v) is 14.6. The number of pyridine rings is 1. The predicted molar refractivity (Wildman–Crippen MR) is 157 cm³/mol. The number of benzene rings is 3. The third kappa shape index (κ3) is 4.77. The molecule has 42 heavy (non-hydrogen) atoms. The van der Waals surface area contributed by atoms with Crippen molar-refractivity contribution < 1.29 is 27.9 Å². The van der Waals surface area contributed by atoms with Crippen molar-refractivity contribution >= 4 is 38.7 Å². The molecule has 5 nitrogen and oxygen atoms in total. The Morgan fingerprint density at radius 3 is 2.36 bits per heavy atom. The molecule has 1 heterocycles. The molecule has 0 spiro atoms. The molecule has 9 heteroatoms. The van der Waals surface area contributed by atoms with Crippen molar-refractivity contribution in [2.45, 2.75) is 56.7 Å². The summed E-state index contributed by atoms with van der Waals surface area (Å²) in [5.74, 6) is -1.89. The van der Waals surface area contributed by atoms with Gasteiger partial charge in [0.2, 0.25) is 0 Å². The minimum atomic E-state index is -4.54. The lowest BCUT2D eigenvalue weighted by Crippen LogP contribution is -2.62. The van der Waals surface area contributed by atoms with Gasteiger partial charge in [-0.3, -0.25) is 9.59 Å². The van der Waals surface area contributed by atoms with Crippen molar-refractivity contribution in [3.05, 3.63) is 99.5 Å². The van der Waals surface area contributed by atoms with Gasteiger partial charge in [0.1, 0.15) is 0 Å². The number of carbonyl (C=O) groups is 2. The van der Waals surface area contributed by atoms with Crippen molar-refractivity contribution in [3.63, 3.8) is 0 Å². The number of nitrogens with zero attached hydrogens (tertiary/aromatic N) is 1. The summed E-state index contributed by atoms with van der Waals surface area (Å²) in [4.78, 5) is 31.7. The Bertz CT molecular complexity index is 1710. The van der Waals surface area contributed by atoms with Crippen LogP contribution < -0.4 is 5.32 Å². The number of carboxylic acids is 1. The zero-order valence-electron chi connectivity index (χ0n) is 22.8. The van der Waals surface area contributed by atoms with E-state index in [1.807, 2.05) is 55.5 Å². The SMILES string of the molecule is Cc1c(-c2ccccc2)nc2ccc(Br)cc2c1C(=O)NC12CCC(C(=O)O)(CC1)CC2c1cccc(C(F)(F)F)c1. The van der Waals surface area contributed by atoms with Crippen LogP contribution in [0.15, 0.2) is 77.3 Å². The molecule has 7 rings (SSSR count). The maximum atomic E-state index is 14.4. The molecule has 0 radical (unpaired) electrons. The van der Waals surface area contributed by atoms with Crippen molar-refractivity contribution in [1.82, 2.24) is 10.3 Å². The molecular formula is C33H28BrF3N2O3. The van der Waals surface area contributed by atoms with Crippen LogP contribution in [0.5, 0.6) is 0 Å². The van der Waals surface area contributed by atoms with Crippen LogP contribution in [0.2, 0.25) is 0 Å². The second kappa shape index (κ2) is 10.2. The molecule has 3 aliphatic rings. The van der Waals surface area contributed by atoms with Crippen molar-refractivity contribution in [1.29, 1.82) is 0 Å². The zero-order valence-corrected chi connectivity index (χ0v) is 24.3. The second-order valence-corrected chi connectivity index (χ2v) is 12.5. The summed E-state index contributed by atoms with van der Waals surface area (Å²) in [6, 6.07) is 20.2. The van der Waals surface area contributed by atoms with Crippen LogP contribution in [0.4, 0.5) is 13.2 Å². The van der Waals surface area contributed by atoms with Crippen molar-refractivity contribution in [2.75, 3.05) is 0 Å². The number of fused-ring (bicyclic) bond motifs is 4. The molecule has 1 atom stereocenters. The van der Waals surface area contributed by atoms with Gasteiger partial charge in [0.25, 0.3) is 5.91 Å². The molecule has 1 aromatic heterocycles. The summed E-state index contributed by atoms with van der Waals surface area (Å²) in [6.45, 7) is 1.85. The van der Waals surface area contributed by atoms with Crippen LogP contribution in [0.25, 0.3) is 22.2 Å². The summed E-state index contributed by atoms with van der Waals surface area (Å²) in [6.07, 6.45) is -3.00. The molecule has 0 saturated heterocycles. The van der Waals surface area contributed by atoms with E-state index >= 15 is 0 Å². The van der Waals surface area contributed by atoms with Crippen LogP contribution in [-0.4, -0.2) is 27.5 Å². The number of carbonyl (C=O) groups excluding carboxylic acids is 1. The lowest BCUT2D eigenvalue weighted by atomic mass is 9.51. The highest BCUT2D eigenvalue weighted by molar-refractivity contribution is 9.10. The molecule has 3 saturated carbocycles. The third-order valence-electron chi connectivity index (χ3n) is 9.26. The highest BCUT2D eigenvalue weighted by atomic mass is 79.9. The highest BCUT2D eigenvalue weighted by Crippen LogP contribution is 2.59. The monoisotopic (exact) mass is 636 g/mol. The first kappa shape index (κ1) is 28.4. The summed E-state index contributed by atoms with van der Waals surface area (Å²) < 4.78 is 41.8. The van der Waals surface area contributed by atoms with Gasteiger partial charge < -0.3 is 10.4 Å². The van der Waals surface area contributed by atoms with Gasteiger partial charge in [-0.15, -0.1) is 0 Å². The molecule has 1 unspecified atom stereocenters. The Morgan fingerprint density at radius 1 is 0.976 bits per heavy atom. The number of amides is 1. The fourth-order valence-corrected chi connectivity index (χ4v) is 7.35. The number of carboxylic acid groups (broad SMARTS) is 1. The molecule has 216 valence electrons. The van der Waals surface area contributed by atoms with Crippen LogP contribution in [0, 0.1) is 12.3 Å². The Morgan fingerprint density at radius 2 is 1.69 bits per heavy atom. The standard InChI is InChI=1S/C33H28BrF3N2O3/c1-19-27(24-17-23(34)10-11-26(24)38-28(19)20-6-3-2-4-7-20)29(40)39-32-14-12-31(13-15-32,30(41)42)18-25(32)21-8-5-9-22(16-21)33(35,36)37/h2-11,16-17,25H,12-15,18H2,1H3,(H,39,40)(H,41,42). The molecule has 3 aromatic carbocycles. The van der Waals surface area contributed by atoms with Gasteiger partial charge in [-0.25, -0.2) is 4.98 Å². The first-order chi connectivity index (χ1) is 19.9. The van der Waals surface area contributed by atoms with E-state index in [0.717, 1.165) is 22.2 Å². The number of aliphatic carboxylic acids is 1.